The van der Waals surface area contributed by atoms with Crippen LogP contribution in [0.4, 0.5) is 0 Å². The Morgan fingerprint density at radius 1 is 1.20 bits per heavy atom. The van der Waals surface area contributed by atoms with Crippen LogP contribution in [0.5, 0.6) is 0 Å². The largest absolute Gasteiger partial charge is 0.314 e. The van der Waals surface area contributed by atoms with Crippen molar-refractivity contribution in [3.05, 3.63) is 34.9 Å². The summed E-state index contributed by atoms with van der Waals surface area (Å²) in [5, 5.41) is 4.30. The van der Waals surface area contributed by atoms with E-state index in [0.717, 1.165) is 30.8 Å². The number of benzene rings is 1. The maximum absolute atomic E-state index is 11.4. The van der Waals surface area contributed by atoms with Gasteiger partial charge in [-0.2, -0.15) is 0 Å². The number of hydrogen-bond donors (Lipinski definition) is 1. The lowest BCUT2D eigenvalue weighted by molar-refractivity contribution is 0.279. The van der Waals surface area contributed by atoms with Crippen molar-refractivity contribution in [1.82, 2.24) is 5.32 Å². The van der Waals surface area contributed by atoms with Crippen LogP contribution in [0.15, 0.2) is 24.3 Å². The van der Waals surface area contributed by atoms with Gasteiger partial charge in [-0.25, -0.2) is 8.42 Å². The molecule has 1 aromatic carbocycles. The summed E-state index contributed by atoms with van der Waals surface area (Å²) in [5.74, 6) is 1.68. The summed E-state index contributed by atoms with van der Waals surface area (Å²) in [6, 6.07) is 8.64. The molecule has 1 unspecified atom stereocenters. The number of nitrogens with one attached hydrogen (secondary N) is 1. The average molecular weight is 314 g/mol. The van der Waals surface area contributed by atoms with E-state index < -0.39 is 9.84 Å². The second kappa shape index (κ2) is 5.66. The van der Waals surface area contributed by atoms with E-state index in [4.69, 9.17) is 11.6 Å². The van der Waals surface area contributed by atoms with E-state index in [1.165, 1.54) is 5.56 Å². The van der Waals surface area contributed by atoms with Gasteiger partial charge in [0.1, 0.15) is 0 Å². The van der Waals surface area contributed by atoms with E-state index in [-0.39, 0.29) is 0 Å². The van der Waals surface area contributed by atoms with Crippen molar-refractivity contribution in [3.63, 3.8) is 0 Å². The first kappa shape index (κ1) is 14.4. The minimum absolute atomic E-state index is 0.314. The first-order chi connectivity index (χ1) is 9.52. The molecule has 2 fully saturated rings. The van der Waals surface area contributed by atoms with Crippen molar-refractivity contribution in [1.29, 1.82) is 0 Å². The minimum Gasteiger partial charge on any atom is -0.314 e. The molecular formula is C15H20ClNO2S. The molecule has 0 bridgehead atoms. The van der Waals surface area contributed by atoms with E-state index >= 15 is 0 Å². The molecule has 2 aliphatic rings. The third-order valence-corrected chi connectivity index (χ3v) is 6.59. The van der Waals surface area contributed by atoms with E-state index in [2.05, 4.69) is 17.4 Å². The number of sulfone groups is 1. The molecule has 1 atom stereocenters. The Hall–Kier alpha value is -0.580. The number of hydrogen-bond acceptors (Lipinski definition) is 3. The summed E-state index contributed by atoms with van der Waals surface area (Å²) in [6.45, 7) is 0.844. The Morgan fingerprint density at radius 2 is 1.90 bits per heavy atom. The topological polar surface area (TPSA) is 46.2 Å². The van der Waals surface area contributed by atoms with Gasteiger partial charge in [0, 0.05) is 11.1 Å². The quantitative estimate of drug-likeness (QED) is 0.929. The van der Waals surface area contributed by atoms with Crippen LogP contribution in [0, 0.1) is 5.92 Å². The molecule has 0 radical (unpaired) electrons. The van der Waals surface area contributed by atoms with Gasteiger partial charge in [0.2, 0.25) is 0 Å². The molecule has 20 heavy (non-hydrogen) atoms. The zero-order chi connectivity index (χ0) is 14.2. The van der Waals surface area contributed by atoms with Crippen LogP contribution in [-0.2, 0) is 9.84 Å². The molecule has 3 nitrogen and oxygen atoms in total. The summed E-state index contributed by atoms with van der Waals surface area (Å²) < 4.78 is 22.8. The van der Waals surface area contributed by atoms with Crippen molar-refractivity contribution in [2.75, 3.05) is 18.1 Å². The second-order valence-corrected chi connectivity index (χ2v) is 8.76. The monoisotopic (exact) mass is 313 g/mol. The van der Waals surface area contributed by atoms with Crippen LogP contribution in [0.25, 0.3) is 0 Å². The van der Waals surface area contributed by atoms with Gasteiger partial charge in [-0.3, -0.25) is 0 Å². The van der Waals surface area contributed by atoms with Gasteiger partial charge >= 0.3 is 0 Å². The molecule has 0 amide bonds. The molecule has 1 saturated carbocycles. The molecule has 1 saturated heterocycles. The van der Waals surface area contributed by atoms with Gasteiger partial charge in [0.15, 0.2) is 9.84 Å². The first-order valence-corrected chi connectivity index (χ1v) is 9.41. The van der Waals surface area contributed by atoms with Crippen molar-refractivity contribution in [2.45, 2.75) is 31.2 Å². The normalized spacial score (nSPS) is 31.9. The highest BCUT2D eigenvalue weighted by molar-refractivity contribution is 7.91. The Morgan fingerprint density at radius 3 is 2.50 bits per heavy atom. The summed E-state index contributed by atoms with van der Waals surface area (Å²) in [4.78, 5) is 0. The summed E-state index contributed by atoms with van der Waals surface area (Å²) in [7, 11) is -2.74. The fraction of sp³-hybridized carbons (Fsp3) is 0.600. The van der Waals surface area contributed by atoms with Crippen molar-refractivity contribution in [2.24, 2.45) is 5.92 Å². The number of rotatable bonds is 4. The summed E-state index contributed by atoms with van der Waals surface area (Å²) in [6.07, 6.45) is 3.10. The Balaban J connectivity index is 1.41. The van der Waals surface area contributed by atoms with Gasteiger partial charge in [0.05, 0.1) is 11.5 Å². The third-order valence-electron chi connectivity index (χ3n) is 4.50. The predicted molar refractivity (Wildman–Crippen MR) is 82.0 cm³/mol. The standard InChI is InChI=1S/C15H20ClNO2S/c16-14-3-1-12(2-4-14)13-7-15(8-13)17-9-11-5-6-20(18,19)10-11/h1-4,11,13,15,17H,5-10H2. The van der Waals surface area contributed by atoms with Gasteiger partial charge in [-0.05, 0) is 55.3 Å². The fourth-order valence-electron chi connectivity index (χ4n) is 3.16. The smallest absolute Gasteiger partial charge is 0.150 e. The molecule has 110 valence electrons. The Bertz CT molecular complexity index is 564. The molecule has 5 heteroatoms. The van der Waals surface area contributed by atoms with E-state index in [9.17, 15) is 8.42 Å². The molecule has 1 aliphatic heterocycles. The van der Waals surface area contributed by atoms with Crippen molar-refractivity contribution >= 4 is 21.4 Å². The Labute approximate surface area is 125 Å². The Kier molecular flexibility index (Phi) is 4.07. The van der Waals surface area contributed by atoms with Crippen LogP contribution < -0.4 is 5.32 Å². The third kappa shape index (κ3) is 3.35. The fourth-order valence-corrected chi connectivity index (χ4v) is 5.15. The molecule has 1 aliphatic carbocycles. The average Bonchev–Trinajstić information content (AvgIpc) is 2.69. The van der Waals surface area contributed by atoms with E-state index in [1.54, 1.807) is 0 Å². The SMILES string of the molecule is O=S1(=O)CCC(CNC2CC(c3ccc(Cl)cc3)C2)C1. The van der Waals surface area contributed by atoms with E-state index in [0.29, 0.717) is 29.4 Å². The molecule has 1 aromatic rings. The van der Waals surface area contributed by atoms with Gasteiger partial charge < -0.3 is 5.32 Å². The van der Waals surface area contributed by atoms with Crippen LogP contribution in [0.1, 0.15) is 30.7 Å². The van der Waals surface area contributed by atoms with Crippen molar-refractivity contribution < 1.29 is 8.42 Å². The second-order valence-electron chi connectivity index (χ2n) is 6.09. The van der Waals surface area contributed by atoms with Gasteiger partial charge in [-0.1, -0.05) is 23.7 Å². The predicted octanol–water partition coefficient (Wildman–Crippen LogP) is 2.61. The lowest BCUT2D eigenvalue weighted by Gasteiger charge is -2.37. The number of halogens is 1. The van der Waals surface area contributed by atoms with E-state index in [1.807, 2.05) is 12.1 Å². The first-order valence-electron chi connectivity index (χ1n) is 7.21. The highest BCUT2D eigenvalue weighted by Crippen LogP contribution is 2.37. The van der Waals surface area contributed by atoms with Crippen LogP contribution in [0.2, 0.25) is 5.02 Å². The zero-order valence-corrected chi connectivity index (χ0v) is 13.0. The zero-order valence-electron chi connectivity index (χ0n) is 11.4. The van der Waals surface area contributed by atoms with Crippen LogP contribution in [0.3, 0.4) is 0 Å². The lowest BCUT2D eigenvalue weighted by atomic mass is 9.76. The molecule has 0 spiro atoms. The van der Waals surface area contributed by atoms with Crippen LogP contribution >= 0.6 is 11.6 Å². The highest BCUT2D eigenvalue weighted by Gasteiger charge is 2.32. The van der Waals surface area contributed by atoms with Gasteiger partial charge in [-0.15, -0.1) is 0 Å². The molecule has 1 heterocycles. The maximum atomic E-state index is 11.4. The van der Waals surface area contributed by atoms with Crippen LogP contribution in [-0.4, -0.2) is 32.5 Å². The maximum Gasteiger partial charge on any atom is 0.150 e. The molecular weight excluding hydrogens is 294 g/mol. The minimum atomic E-state index is -2.74. The van der Waals surface area contributed by atoms with Gasteiger partial charge in [0.25, 0.3) is 0 Å². The lowest BCUT2D eigenvalue weighted by Crippen LogP contribution is -2.42. The summed E-state index contributed by atoms with van der Waals surface area (Å²) >= 11 is 5.89. The van der Waals surface area contributed by atoms with Crippen molar-refractivity contribution in [3.8, 4) is 0 Å². The molecule has 3 rings (SSSR count). The summed E-state index contributed by atoms with van der Waals surface area (Å²) in [5.41, 5.74) is 1.36. The molecule has 0 aromatic heterocycles. The molecule has 1 N–H and O–H groups in total. The highest BCUT2D eigenvalue weighted by atomic mass is 35.5.